The molecule has 0 aliphatic heterocycles. The Hall–Kier alpha value is -0.980. The van der Waals surface area contributed by atoms with Gasteiger partial charge in [0.1, 0.15) is 0 Å². The average molecular weight is 380 g/mol. The largest absolute Gasteiger partial charge is 0.371 e. The van der Waals surface area contributed by atoms with Gasteiger partial charge in [0.05, 0.1) is 0 Å². The van der Waals surface area contributed by atoms with Gasteiger partial charge in [-0.05, 0) is 104 Å². The monoisotopic (exact) mass is 379 g/mol. The molecule has 0 spiro atoms. The maximum Gasteiger partial charge on any atom is 0.0366 e. The van der Waals surface area contributed by atoms with Crippen LogP contribution >= 0.6 is 0 Å². The van der Waals surface area contributed by atoms with Crippen molar-refractivity contribution < 1.29 is 0 Å². The van der Waals surface area contributed by atoms with Crippen molar-refractivity contribution in [3.8, 4) is 0 Å². The number of nitrogens with zero attached hydrogens (tertiary/aromatic N) is 1. The van der Waals surface area contributed by atoms with E-state index in [-0.39, 0.29) is 0 Å². The van der Waals surface area contributed by atoms with E-state index in [0.717, 1.165) is 35.6 Å². The standard InChI is InChI=1S/C27H41N/c1-19-14-16-26(2)20(18-19)10-11-22-23-12-13-25(27(23,3)17-15-24(22)26)28(4)21-8-6-5-7-9-21/h5-9,19-20,22-25H,10-18H2,1-4H3. The Morgan fingerprint density at radius 1 is 0.821 bits per heavy atom. The van der Waals surface area contributed by atoms with Gasteiger partial charge in [0.15, 0.2) is 0 Å². The van der Waals surface area contributed by atoms with Crippen molar-refractivity contribution in [2.45, 2.75) is 84.6 Å². The van der Waals surface area contributed by atoms with Crippen LogP contribution in [0.1, 0.15) is 78.6 Å². The first-order valence-electron chi connectivity index (χ1n) is 12.2. The van der Waals surface area contributed by atoms with E-state index < -0.39 is 0 Å². The van der Waals surface area contributed by atoms with E-state index in [1.807, 2.05) is 0 Å². The topological polar surface area (TPSA) is 3.24 Å². The molecule has 1 aromatic carbocycles. The van der Waals surface area contributed by atoms with Crippen molar-refractivity contribution in [2.24, 2.45) is 40.4 Å². The fraction of sp³-hybridized carbons (Fsp3) is 0.778. The third-order valence-corrected chi connectivity index (χ3v) is 10.5. The lowest BCUT2D eigenvalue weighted by molar-refractivity contribution is -0.112. The Morgan fingerprint density at radius 2 is 1.54 bits per heavy atom. The highest BCUT2D eigenvalue weighted by molar-refractivity contribution is 5.47. The molecule has 0 saturated heterocycles. The van der Waals surface area contributed by atoms with Gasteiger partial charge in [0.25, 0.3) is 0 Å². The van der Waals surface area contributed by atoms with E-state index in [9.17, 15) is 0 Å². The Morgan fingerprint density at radius 3 is 2.32 bits per heavy atom. The number of hydrogen-bond acceptors (Lipinski definition) is 1. The SMILES string of the molecule is CC1CCC2(C)C(CCC3C2CCC2(C)C3CCC2N(C)c2ccccc2)C1. The number of anilines is 1. The highest BCUT2D eigenvalue weighted by Crippen LogP contribution is 2.67. The molecule has 0 N–H and O–H groups in total. The minimum absolute atomic E-state index is 0.511. The van der Waals surface area contributed by atoms with E-state index in [0.29, 0.717) is 10.8 Å². The summed E-state index contributed by atoms with van der Waals surface area (Å²) in [4.78, 5) is 2.63. The molecule has 0 amide bonds. The van der Waals surface area contributed by atoms with Gasteiger partial charge in [-0.15, -0.1) is 0 Å². The van der Waals surface area contributed by atoms with Crippen molar-refractivity contribution in [2.75, 3.05) is 11.9 Å². The highest BCUT2D eigenvalue weighted by atomic mass is 15.2. The Bertz CT molecular complexity index is 697. The van der Waals surface area contributed by atoms with Crippen LogP contribution < -0.4 is 4.90 Å². The molecular formula is C27H41N. The fourth-order valence-electron chi connectivity index (χ4n) is 8.92. The second-order valence-electron chi connectivity index (χ2n) is 11.6. The van der Waals surface area contributed by atoms with Gasteiger partial charge in [-0.1, -0.05) is 45.4 Å². The maximum absolute atomic E-state index is 2.71. The second-order valence-corrected chi connectivity index (χ2v) is 11.6. The lowest BCUT2D eigenvalue weighted by Crippen LogP contribution is -2.55. The average Bonchev–Trinajstić information content (AvgIpc) is 3.06. The number of benzene rings is 1. The Kier molecular flexibility index (Phi) is 4.60. The molecule has 1 aromatic rings. The summed E-state index contributed by atoms with van der Waals surface area (Å²) in [5, 5.41) is 0. The first kappa shape index (κ1) is 19.0. The molecule has 1 nitrogen and oxygen atoms in total. The molecule has 4 fully saturated rings. The molecule has 4 saturated carbocycles. The minimum Gasteiger partial charge on any atom is -0.371 e. The molecule has 4 aliphatic carbocycles. The van der Waals surface area contributed by atoms with Crippen molar-refractivity contribution >= 4 is 5.69 Å². The summed E-state index contributed by atoms with van der Waals surface area (Å²) >= 11 is 0. The van der Waals surface area contributed by atoms with Crippen LogP contribution in [-0.4, -0.2) is 13.1 Å². The van der Waals surface area contributed by atoms with E-state index >= 15 is 0 Å². The Balaban J connectivity index is 1.40. The number of fused-ring (bicyclic) bond motifs is 5. The smallest absolute Gasteiger partial charge is 0.0366 e. The third kappa shape index (κ3) is 2.71. The van der Waals surface area contributed by atoms with Gasteiger partial charge in [0.2, 0.25) is 0 Å². The van der Waals surface area contributed by atoms with Gasteiger partial charge < -0.3 is 4.90 Å². The van der Waals surface area contributed by atoms with Gasteiger partial charge in [-0.2, -0.15) is 0 Å². The van der Waals surface area contributed by atoms with Crippen LogP contribution in [0.4, 0.5) is 5.69 Å². The van der Waals surface area contributed by atoms with E-state index in [2.05, 4.69) is 63.1 Å². The molecular weight excluding hydrogens is 338 g/mol. The second kappa shape index (κ2) is 6.78. The van der Waals surface area contributed by atoms with Gasteiger partial charge >= 0.3 is 0 Å². The maximum atomic E-state index is 2.71. The van der Waals surface area contributed by atoms with Crippen molar-refractivity contribution in [1.29, 1.82) is 0 Å². The first-order chi connectivity index (χ1) is 13.4. The van der Waals surface area contributed by atoms with Crippen LogP contribution in [0.3, 0.4) is 0 Å². The summed E-state index contributed by atoms with van der Waals surface area (Å²) in [5.74, 6) is 4.96. The molecule has 0 bridgehead atoms. The molecule has 4 aliphatic rings. The van der Waals surface area contributed by atoms with Crippen molar-refractivity contribution in [3.05, 3.63) is 30.3 Å². The predicted octanol–water partition coefficient (Wildman–Crippen LogP) is 7.17. The van der Waals surface area contributed by atoms with Crippen molar-refractivity contribution in [3.63, 3.8) is 0 Å². The van der Waals surface area contributed by atoms with E-state index in [1.54, 1.807) is 0 Å². The summed E-state index contributed by atoms with van der Waals surface area (Å²) in [6.07, 6.45) is 13.4. The van der Waals surface area contributed by atoms with E-state index in [4.69, 9.17) is 0 Å². The predicted molar refractivity (Wildman–Crippen MR) is 120 cm³/mol. The summed E-state index contributed by atoms with van der Waals surface area (Å²) in [5.41, 5.74) is 2.57. The quantitative estimate of drug-likeness (QED) is 0.526. The summed E-state index contributed by atoms with van der Waals surface area (Å²) in [6.45, 7) is 7.89. The molecule has 5 rings (SSSR count). The zero-order valence-electron chi connectivity index (χ0n) is 18.7. The number of hydrogen-bond donors (Lipinski definition) is 0. The van der Waals surface area contributed by atoms with Gasteiger partial charge in [-0.3, -0.25) is 0 Å². The van der Waals surface area contributed by atoms with Crippen LogP contribution in [0.5, 0.6) is 0 Å². The Labute approximate surface area is 173 Å². The van der Waals surface area contributed by atoms with Crippen LogP contribution in [-0.2, 0) is 0 Å². The molecule has 154 valence electrons. The van der Waals surface area contributed by atoms with Gasteiger partial charge in [0, 0.05) is 18.8 Å². The highest BCUT2D eigenvalue weighted by Gasteiger charge is 2.60. The molecule has 0 radical (unpaired) electrons. The molecule has 28 heavy (non-hydrogen) atoms. The molecule has 0 aromatic heterocycles. The van der Waals surface area contributed by atoms with Crippen LogP contribution in [0.25, 0.3) is 0 Å². The van der Waals surface area contributed by atoms with Crippen LogP contribution in [0.15, 0.2) is 30.3 Å². The normalized spacial score (nSPS) is 47.7. The summed E-state index contributed by atoms with van der Waals surface area (Å²) in [7, 11) is 2.36. The minimum atomic E-state index is 0.511. The van der Waals surface area contributed by atoms with Gasteiger partial charge in [-0.25, -0.2) is 0 Å². The molecule has 8 atom stereocenters. The summed E-state index contributed by atoms with van der Waals surface area (Å²) in [6, 6.07) is 11.9. The molecule has 8 unspecified atom stereocenters. The molecule has 1 heteroatoms. The van der Waals surface area contributed by atoms with Crippen LogP contribution in [0.2, 0.25) is 0 Å². The third-order valence-electron chi connectivity index (χ3n) is 10.5. The number of para-hydroxylation sites is 1. The number of rotatable bonds is 2. The van der Waals surface area contributed by atoms with Crippen LogP contribution in [0, 0.1) is 40.4 Å². The summed E-state index contributed by atoms with van der Waals surface area (Å²) < 4.78 is 0. The zero-order chi connectivity index (χ0) is 19.5. The zero-order valence-corrected chi connectivity index (χ0v) is 18.7. The van der Waals surface area contributed by atoms with E-state index in [1.165, 1.54) is 63.5 Å². The fourth-order valence-corrected chi connectivity index (χ4v) is 8.92. The lowest BCUT2D eigenvalue weighted by atomic mass is 9.44. The lowest BCUT2D eigenvalue weighted by Gasteiger charge is -2.61. The molecule has 0 heterocycles. The van der Waals surface area contributed by atoms with Crippen molar-refractivity contribution in [1.82, 2.24) is 0 Å². The first-order valence-corrected chi connectivity index (χ1v) is 12.2.